The van der Waals surface area contributed by atoms with Crippen molar-refractivity contribution < 1.29 is 9.90 Å². The summed E-state index contributed by atoms with van der Waals surface area (Å²) in [7, 11) is 0. The molecule has 1 atom stereocenters. The van der Waals surface area contributed by atoms with Crippen LogP contribution in [-0.4, -0.2) is 40.1 Å². The van der Waals surface area contributed by atoms with Crippen LogP contribution >= 0.6 is 0 Å². The molecule has 2 heterocycles. The smallest absolute Gasteiger partial charge is 0.254 e. The van der Waals surface area contributed by atoms with Gasteiger partial charge in [0.05, 0.1) is 12.6 Å². The van der Waals surface area contributed by atoms with Crippen molar-refractivity contribution in [3.8, 4) is 0 Å². The van der Waals surface area contributed by atoms with Crippen LogP contribution < -0.4 is 11.3 Å². The number of rotatable bonds is 3. The van der Waals surface area contributed by atoms with Gasteiger partial charge in [0.1, 0.15) is 5.82 Å². The van der Waals surface area contributed by atoms with E-state index in [1.165, 1.54) is 0 Å². The molecule has 1 aromatic rings. The maximum absolute atomic E-state index is 12.5. The lowest BCUT2D eigenvalue weighted by molar-refractivity contribution is 0.0600. The Bertz CT molecular complexity index is 438. The number of hydrogen-bond donors (Lipinski definition) is 3. The van der Waals surface area contributed by atoms with E-state index in [2.05, 4.69) is 10.4 Å². The fourth-order valence-electron chi connectivity index (χ4n) is 2.44. The van der Waals surface area contributed by atoms with Gasteiger partial charge in [-0.2, -0.15) is 0 Å². The van der Waals surface area contributed by atoms with Crippen molar-refractivity contribution in [2.45, 2.75) is 31.7 Å². The Morgan fingerprint density at radius 1 is 1.53 bits per heavy atom. The van der Waals surface area contributed by atoms with E-state index in [1.54, 1.807) is 23.2 Å². The Hall–Kier alpha value is -1.66. The molecule has 0 radical (unpaired) electrons. The lowest BCUT2D eigenvalue weighted by Crippen LogP contribution is -2.42. The van der Waals surface area contributed by atoms with Crippen molar-refractivity contribution in [3.05, 3.63) is 23.9 Å². The number of amides is 1. The summed E-state index contributed by atoms with van der Waals surface area (Å²) in [6.45, 7) is 0.705. The lowest BCUT2D eigenvalue weighted by Gasteiger charge is -2.28. The van der Waals surface area contributed by atoms with Crippen molar-refractivity contribution in [2.24, 2.45) is 5.84 Å². The molecule has 0 aromatic carbocycles. The van der Waals surface area contributed by atoms with Gasteiger partial charge >= 0.3 is 0 Å². The topological polar surface area (TPSA) is 91.5 Å². The highest BCUT2D eigenvalue weighted by Gasteiger charge is 2.25. The molecule has 0 aliphatic carbocycles. The minimum atomic E-state index is -0.0857. The van der Waals surface area contributed by atoms with Gasteiger partial charge in [-0.3, -0.25) is 4.79 Å². The average molecular weight is 264 g/mol. The Morgan fingerprint density at radius 2 is 2.37 bits per heavy atom. The first-order chi connectivity index (χ1) is 9.26. The predicted octanol–water partition coefficient (Wildman–Crippen LogP) is 0.744. The molecule has 1 aliphatic heterocycles. The summed E-state index contributed by atoms with van der Waals surface area (Å²) in [6, 6.07) is 3.21. The molecule has 1 aliphatic rings. The normalized spacial score (nSPS) is 19.9. The number of aliphatic hydroxyl groups excluding tert-OH is 1. The molecule has 1 fully saturated rings. The molecule has 1 aromatic heterocycles. The van der Waals surface area contributed by atoms with Crippen LogP contribution in [0.4, 0.5) is 5.82 Å². The molecule has 4 N–H and O–H groups in total. The largest absolute Gasteiger partial charge is 0.394 e. The molecule has 1 saturated heterocycles. The molecule has 104 valence electrons. The van der Waals surface area contributed by atoms with Gasteiger partial charge in [0, 0.05) is 18.3 Å². The number of nitrogens with zero attached hydrogens (tertiary/aromatic N) is 2. The van der Waals surface area contributed by atoms with E-state index in [9.17, 15) is 9.90 Å². The second-order valence-corrected chi connectivity index (χ2v) is 4.76. The van der Waals surface area contributed by atoms with Gasteiger partial charge in [-0.05, 0) is 25.0 Å². The highest BCUT2D eigenvalue weighted by atomic mass is 16.3. The molecule has 0 saturated carbocycles. The number of nitrogen functional groups attached to an aromatic ring is 1. The SMILES string of the molecule is NNc1cc(C(=O)N2CCCCCC2CO)ccn1. The molecule has 1 amide bonds. The molecule has 1 unspecified atom stereocenters. The van der Waals surface area contributed by atoms with Crippen LogP contribution in [0.5, 0.6) is 0 Å². The predicted molar refractivity (Wildman–Crippen MR) is 72.4 cm³/mol. The Balaban J connectivity index is 2.20. The van der Waals surface area contributed by atoms with E-state index in [1.807, 2.05) is 0 Å². The molecule has 0 spiro atoms. The first-order valence-electron chi connectivity index (χ1n) is 6.60. The van der Waals surface area contributed by atoms with Gasteiger partial charge in [-0.25, -0.2) is 10.8 Å². The number of likely N-dealkylation sites (tertiary alicyclic amines) is 1. The molecular weight excluding hydrogens is 244 g/mol. The van der Waals surface area contributed by atoms with E-state index in [-0.39, 0.29) is 18.6 Å². The maximum Gasteiger partial charge on any atom is 0.254 e. The maximum atomic E-state index is 12.5. The third kappa shape index (κ3) is 3.21. The second-order valence-electron chi connectivity index (χ2n) is 4.76. The van der Waals surface area contributed by atoms with Crippen molar-refractivity contribution in [1.82, 2.24) is 9.88 Å². The van der Waals surface area contributed by atoms with Crippen LogP contribution in [-0.2, 0) is 0 Å². The number of nitrogens with one attached hydrogen (secondary N) is 1. The fourth-order valence-corrected chi connectivity index (χ4v) is 2.44. The minimum absolute atomic E-state index is 0.0127. The first-order valence-corrected chi connectivity index (χ1v) is 6.60. The number of anilines is 1. The number of carbonyl (C=O) groups is 1. The molecule has 6 heteroatoms. The van der Waals surface area contributed by atoms with Crippen LogP contribution in [0.25, 0.3) is 0 Å². The fraction of sp³-hybridized carbons (Fsp3) is 0.538. The van der Waals surface area contributed by atoms with Gasteiger partial charge in [0.25, 0.3) is 5.91 Å². The van der Waals surface area contributed by atoms with Gasteiger partial charge in [0.2, 0.25) is 0 Å². The Labute approximate surface area is 112 Å². The van der Waals surface area contributed by atoms with E-state index in [4.69, 9.17) is 5.84 Å². The molecule has 19 heavy (non-hydrogen) atoms. The highest BCUT2D eigenvalue weighted by Crippen LogP contribution is 2.19. The number of aliphatic hydroxyl groups is 1. The number of pyridine rings is 1. The number of nitrogens with two attached hydrogens (primary N) is 1. The third-order valence-electron chi connectivity index (χ3n) is 3.50. The van der Waals surface area contributed by atoms with Crippen molar-refractivity contribution in [3.63, 3.8) is 0 Å². The van der Waals surface area contributed by atoms with E-state index in [0.717, 1.165) is 25.7 Å². The van der Waals surface area contributed by atoms with Crippen LogP contribution in [0.3, 0.4) is 0 Å². The molecule has 0 bridgehead atoms. The quantitative estimate of drug-likeness (QED) is 0.553. The number of carbonyl (C=O) groups excluding carboxylic acids is 1. The van der Waals surface area contributed by atoms with Gasteiger partial charge in [-0.1, -0.05) is 12.8 Å². The summed E-state index contributed by atoms with van der Waals surface area (Å²) in [5.74, 6) is 5.69. The Kier molecular flexibility index (Phi) is 4.70. The van der Waals surface area contributed by atoms with Crippen LogP contribution in [0.2, 0.25) is 0 Å². The monoisotopic (exact) mass is 264 g/mol. The summed E-state index contributed by atoms with van der Waals surface area (Å²) in [6.07, 6.45) is 5.55. The first kappa shape index (κ1) is 13.8. The molecular formula is C13H20N4O2. The summed E-state index contributed by atoms with van der Waals surface area (Å²) >= 11 is 0. The average Bonchev–Trinajstić information content (AvgIpc) is 2.71. The van der Waals surface area contributed by atoms with Crippen molar-refractivity contribution in [1.29, 1.82) is 0 Å². The van der Waals surface area contributed by atoms with Crippen LogP contribution in [0, 0.1) is 0 Å². The standard InChI is InChI=1S/C13H20N4O2/c14-16-12-8-10(5-6-15-12)13(19)17-7-3-1-2-4-11(17)9-18/h5-6,8,11,18H,1-4,7,9,14H2,(H,15,16). The van der Waals surface area contributed by atoms with Crippen LogP contribution in [0.15, 0.2) is 18.3 Å². The van der Waals surface area contributed by atoms with Gasteiger partial charge in [-0.15, -0.1) is 0 Å². The van der Waals surface area contributed by atoms with Crippen molar-refractivity contribution >= 4 is 11.7 Å². The number of aromatic nitrogens is 1. The number of hydrazine groups is 1. The van der Waals surface area contributed by atoms with Gasteiger partial charge < -0.3 is 15.4 Å². The lowest BCUT2D eigenvalue weighted by atomic mass is 10.1. The summed E-state index contributed by atoms with van der Waals surface area (Å²) < 4.78 is 0. The summed E-state index contributed by atoms with van der Waals surface area (Å²) in [4.78, 5) is 18.3. The van der Waals surface area contributed by atoms with E-state index < -0.39 is 0 Å². The number of hydrogen-bond acceptors (Lipinski definition) is 5. The van der Waals surface area contributed by atoms with Crippen LogP contribution in [0.1, 0.15) is 36.0 Å². The zero-order valence-corrected chi connectivity index (χ0v) is 10.9. The minimum Gasteiger partial charge on any atom is -0.394 e. The zero-order chi connectivity index (χ0) is 13.7. The second kappa shape index (κ2) is 6.49. The highest BCUT2D eigenvalue weighted by molar-refractivity contribution is 5.95. The molecule has 2 rings (SSSR count). The van der Waals surface area contributed by atoms with E-state index in [0.29, 0.717) is 17.9 Å². The Morgan fingerprint density at radius 3 is 3.11 bits per heavy atom. The molecule has 6 nitrogen and oxygen atoms in total. The van der Waals surface area contributed by atoms with Gasteiger partial charge in [0.15, 0.2) is 0 Å². The third-order valence-corrected chi connectivity index (χ3v) is 3.50. The van der Waals surface area contributed by atoms with E-state index >= 15 is 0 Å². The summed E-state index contributed by atoms with van der Waals surface area (Å²) in [5.41, 5.74) is 2.98. The zero-order valence-electron chi connectivity index (χ0n) is 10.9. The summed E-state index contributed by atoms with van der Waals surface area (Å²) in [5, 5.41) is 9.44. The van der Waals surface area contributed by atoms with Crippen molar-refractivity contribution in [2.75, 3.05) is 18.6 Å².